The number of carbonyl (C=O) groups excluding carboxylic acids is 1. The molecule has 0 spiro atoms. The molecule has 0 aliphatic carbocycles. The average Bonchev–Trinajstić information content (AvgIpc) is 2.55. The van der Waals surface area contributed by atoms with E-state index in [1.165, 1.54) is 6.20 Å². The lowest BCUT2D eigenvalue weighted by Gasteiger charge is -2.39. The molecule has 0 saturated carbocycles. The first-order valence-corrected chi connectivity index (χ1v) is 8.30. The molecule has 1 saturated heterocycles. The number of hydrogen-bond donors (Lipinski definition) is 1. The minimum atomic E-state index is -0.553. The van der Waals surface area contributed by atoms with Gasteiger partial charge in [-0.25, -0.2) is 4.98 Å². The normalized spacial score (nSPS) is 20.9. The van der Waals surface area contributed by atoms with E-state index in [1.807, 2.05) is 31.2 Å². The number of benzene rings is 1. The van der Waals surface area contributed by atoms with Crippen LogP contribution in [-0.2, 0) is 4.74 Å². The van der Waals surface area contributed by atoms with Gasteiger partial charge in [0.05, 0.1) is 29.8 Å². The first-order chi connectivity index (χ1) is 11.5. The molecule has 0 bridgehead atoms. The molecule has 1 aliphatic heterocycles. The number of nitrogens with two attached hydrogens (primary N) is 1. The number of pyridine rings is 1. The van der Waals surface area contributed by atoms with Gasteiger partial charge in [-0.15, -0.1) is 0 Å². The average molecular weight is 366 g/mol. The third kappa shape index (κ3) is 3.48. The van der Waals surface area contributed by atoms with Gasteiger partial charge in [-0.3, -0.25) is 4.79 Å². The van der Waals surface area contributed by atoms with Crippen LogP contribution in [-0.4, -0.2) is 30.1 Å². The van der Waals surface area contributed by atoms with Crippen molar-refractivity contribution in [3.05, 3.63) is 57.7 Å². The maximum Gasteiger partial charge on any atom is 0.250 e. The van der Waals surface area contributed by atoms with Gasteiger partial charge in [0.25, 0.3) is 0 Å². The van der Waals surface area contributed by atoms with Gasteiger partial charge < -0.3 is 15.4 Å². The SMILES string of the molecule is CC1COC(c2cccc(Cl)c2)CN1c1ncc(C(N)=O)cc1Cl. The van der Waals surface area contributed by atoms with E-state index in [0.717, 1.165) is 5.56 Å². The summed E-state index contributed by atoms with van der Waals surface area (Å²) in [5.41, 5.74) is 6.56. The summed E-state index contributed by atoms with van der Waals surface area (Å²) in [6.45, 7) is 3.16. The highest BCUT2D eigenvalue weighted by Crippen LogP contribution is 2.32. The number of ether oxygens (including phenoxy) is 1. The Morgan fingerprint density at radius 2 is 2.17 bits per heavy atom. The van der Waals surface area contributed by atoms with Gasteiger partial charge in [0.1, 0.15) is 11.9 Å². The largest absolute Gasteiger partial charge is 0.370 e. The number of hydrogen-bond acceptors (Lipinski definition) is 4. The number of primary amides is 1. The van der Waals surface area contributed by atoms with E-state index >= 15 is 0 Å². The molecule has 126 valence electrons. The lowest BCUT2D eigenvalue weighted by Crippen LogP contribution is -2.45. The summed E-state index contributed by atoms with van der Waals surface area (Å²) < 4.78 is 5.94. The van der Waals surface area contributed by atoms with E-state index in [2.05, 4.69) is 9.88 Å². The van der Waals surface area contributed by atoms with E-state index in [4.69, 9.17) is 33.7 Å². The van der Waals surface area contributed by atoms with E-state index < -0.39 is 5.91 Å². The van der Waals surface area contributed by atoms with Crippen LogP contribution in [0.3, 0.4) is 0 Å². The van der Waals surface area contributed by atoms with Crippen LogP contribution in [0, 0.1) is 0 Å². The van der Waals surface area contributed by atoms with Gasteiger partial charge in [0, 0.05) is 11.2 Å². The van der Waals surface area contributed by atoms with E-state index in [-0.39, 0.29) is 17.7 Å². The van der Waals surface area contributed by atoms with Crippen molar-refractivity contribution in [1.29, 1.82) is 0 Å². The van der Waals surface area contributed by atoms with Gasteiger partial charge in [-0.05, 0) is 30.7 Å². The van der Waals surface area contributed by atoms with Gasteiger partial charge in [0.15, 0.2) is 0 Å². The zero-order chi connectivity index (χ0) is 17.3. The number of amides is 1. The molecule has 2 aromatic rings. The molecular formula is C17H17Cl2N3O2. The molecule has 3 rings (SSSR count). The molecule has 1 aliphatic rings. The van der Waals surface area contributed by atoms with Crippen LogP contribution in [0.1, 0.15) is 28.9 Å². The summed E-state index contributed by atoms with van der Waals surface area (Å²) in [5, 5.41) is 1.06. The summed E-state index contributed by atoms with van der Waals surface area (Å²) >= 11 is 12.4. The second-order valence-corrected chi connectivity index (χ2v) is 6.62. The number of rotatable bonds is 3. The first-order valence-electron chi connectivity index (χ1n) is 7.54. The van der Waals surface area contributed by atoms with Crippen molar-refractivity contribution in [2.75, 3.05) is 18.1 Å². The van der Waals surface area contributed by atoms with Crippen molar-refractivity contribution >= 4 is 34.9 Å². The van der Waals surface area contributed by atoms with Crippen LogP contribution in [0.2, 0.25) is 10.0 Å². The van der Waals surface area contributed by atoms with Gasteiger partial charge >= 0.3 is 0 Å². The molecule has 1 aromatic carbocycles. The molecular weight excluding hydrogens is 349 g/mol. The number of aromatic nitrogens is 1. The van der Waals surface area contributed by atoms with E-state index in [9.17, 15) is 4.79 Å². The van der Waals surface area contributed by atoms with Gasteiger partial charge in [-0.1, -0.05) is 35.3 Å². The topological polar surface area (TPSA) is 68.4 Å². The Kier molecular flexibility index (Phi) is 4.94. The Labute approximate surface area is 150 Å². The number of carbonyl (C=O) groups is 1. The first kappa shape index (κ1) is 17.0. The highest BCUT2D eigenvalue weighted by molar-refractivity contribution is 6.33. The lowest BCUT2D eigenvalue weighted by atomic mass is 10.1. The number of halogens is 2. The zero-order valence-electron chi connectivity index (χ0n) is 13.1. The predicted octanol–water partition coefficient (Wildman–Crippen LogP) is 3.45. The number of nitrogens with zero attached hydrogens (tertiary/aromatic N) is 2. The zero-order valence-corrected chi connectivity index (χ0v) is 14.6. The summed E-state index contributed by atoms with van der Waals surface area (Å²) in [6, 6.07) is 9.25. The van der Waals surface area contributed by atoms with Gasteiger partial charge in [-0.2, -0.15) is 0 Å². The molecule has 2 unspecified atom stereocenters. The molecule has 2 N–H and O–H groups in total. The van der Waals surface area contributed by atoms with Crippen LogP contribution < -0.4 is 10.6 Å². The Hall–Kier alpha value is -1.82. The summed E-state index contributed by atoms with van der Waals surface area (Å²) in [5.74, 6) is 0.0623. The van der Waals surface area contributed by atoms with Crippen molar-refractivity contribution < 1.29 is 9.53 Å². The van der Waals surface area contributed by atoms with Crippen molar-refractivity contribution in [3.63, 3.8) is 0 Å². The second-order valence-electron chi connectivity index (χ2n) is 5.77. The highest BCUT2D eigenvalue weighted by Gasteiger charge is 2.29. The van der Waals surface area contributed by atoms with Crippen molar-refractivity contribution in [2.24, 2.45) is 5.73 Å². The Balaban J connectivity index is 1.88. The molecule has 5 nitrogen and oxygen atoms in total. The minimum Gasteiger partial charge on any atom is -0.370 e. The standard InChI is InChI=1S/C17H17Cl2N3O2/c1-10-9-24-15(11-3-2-4-13(18)5-11)8-22(10)17-14(19)6-12(7-21-17)16(20)23/h2-7,10,15H,8-9H2,1H3,(H2,20,23). The van der Waals surface area contributed by atoms with Crippen LogP contribution in [0.15, 0.2) is 36.5 Å². The Bertz CT molecular complexity index is 769. The summed E-state index contributed by atoms with van der Waals surface area (Å²) in [6.07, 6.45) is 1.31. The monoisotopic (exact) mass is 365 g/mol. The summed E-state index contributed by atoms with van der Waals surface area (Å²) in [4.78, 5) is 17.7. The van der Waals surface area contributed by atoms with Crippen molar-refractivity contribution in [1.82, 2.24) is 4.98 Å². The second kappa shape index (κ2) is 6.97. The maximum absolute atomic E-state index is 11.3. The Morgan fingerprint density at radius 3 is 2.83 bits per heavy atom. The molecule has 2 heterocycles. The number of anilines is 1. The molecule has 0 radical (unpaired) electrons. The molecule has 1 aromatic heterocycles. The number of morpholine rings is 1. The van der Waals surface area contributed by atoms with Crippen molar-refractivity contribution in [3.8, 4) is 0 Å². The lowest BCUT2D eigenvalue weighted by molar-refractivity contribution is 0.0212. The molecule has 1 fully saturated rings. The van der Waals surface area contributed by atoms with E-state index in [0.29, 0.717) is 29.0 Å². The summed E-state index contributed by atoms with van der Waals surface area (Å²) in [7, 11) is 0. The minimum absolute atomic E-state index is 0.102. The smallest absolute Gasteiger partial charge is 0.250 e. The fraction of sp³-hybridized carbons (Fsp3) is 0.294. The van der Waals surface area contributed by atoms with Crippen molar-refractivity contribution in [2.45, 2.75) is 19.1 Å². The quantitative estimate of drug-likeness (QED) is 0.904. The third-order valence-corrected chi connectivity index (χ3v) is 4.55. The fourth-order valence-electron chi connectivity index (χ4n) is 2.74. The van der Waals surface area contributed by atoms with Crippen LogP contribution in [0.4, 0.5) is 5.82 Å². The highest BCUT2D eigenvalue weighted by atomic mass is 35.5. The fourth-order valence-corrected chi connectivity index (χ4v) is 3.21. The maximum atomic E-state index is 11.3. The van der Waals surface area contributed by atoms with Crippen LogP contribution >= 0.6 is 23.2 Å². The van der Waals surface area contributed by atoms with Crippen LogP contribution in [0.5, 0.6) is 0 Å². The molecule has 2 atom stereocenters. The Morgan fingerprint density at radius 1 is 1.38 bits per heavy atom. The van der Waals surface area contributed by atoms with Gasteiger partial charge in [0.2, 0.25) is 5.91 Å². The molecule has 1 amide bonds. The third-order valence-electron chi connectivity index (χ3n) is 4.03. The predicted molar refractivity (Wildman–Crippen MR) is 94.7 cm³/mol. The molecule has 24 heavy (non-hydrogen) atoms. The molecule has 7 heteroatoms. The van der Waals surface area contributed by atoms with Crippen LogP contribution in [0.25, 0.3) is 0 Å². The van der Waals surface area contributed by atoms with E-state index in [1.54, 1.807) is 6.07 Å².